The first-order valence-electron chi connectivity index (χ1n) is 5.57. The number of hydrogen-bond acceptors (Lipinski definition) is 3. The molecule has 0 aromatic carbocycles. The standard InChI is InChI=1S/C12H19N3S/c1-4-8(2)9(3)15-10-5-6-11(12(13)16)14-7-10/h5-9,15H,4H2,1-3H3,(H2,13,16). The summed E-state index contributed by atoms with van der Waals surface area (Å²) in [6.07, 6.45) is 2.93. The monoisotopic (exact) mass is 237 g/mol. The smallest absolute Gasteiger partial charge is 0.122 e. The number of pyridine rings is 1. The highest BCUT2D eigenvalue weighted by molar-refractivity contribution is 7.80. The summed E-state index contributed by atoms with van der Waals surface area (Å²) in [4.78, 5) is 4.52. The first-order chi connectivity index (χ1) is 7.54. The average Bonchev–Trinajstić information content (AvgIpc) is 2.28. The van der Waals surface area contributed by atoms with Crippen molar-refractivity contribution < 1.29 is 0 Å². The number of nitrogens with two attached hydrogens (primary N) is 1. The molecule has 2 unspecified atom stereocenters. The Balaban J connectivity index is 2.65. The zero-order chi connectivity index (χ0) is 12.1. The van der Waals surface area contributed by atoms with E-state index < -0.39 is 0 Å². The van der Waals surface area contributed by atoms with Gasteiger partial charge in [0, 0.05) is 6.04 Å². The first-order valence-corrected chi connectivity index (χ1v) is 5.97. The van der Waals surface area contributed by atoms with Crippen LogP contribution in [0.4, 0.5) is 5.69 Å². The summed E-state index contributed by atoms with van der Waals surface area (Å²) in [5.74, 6) is 0.635. The van der Waals surface area contributed by atoms with Crippen LogP contribution in [0.5, 0.6) is 0 Å². The van der Waals surface area contributed by atoms with Crippen molar-refractivity contribution in [3.05, 3.63) is 24.0 Å². The van der Waals surface area contributed by atoms with E-state index in [4.69, 9.17) is 18.0 Å². The van der Waals surface area contributed by atoms with Gasteiger partial charge in [0.05, 0.1) is 17.6 Å². The van der Waals surface area contributed by atoms with Crippen molar-refractivity contribution in [2.75, 3.05) is 5.32 Å². The lowest BCUT2D eigenvalue weighted by Gasteiger charge is -2.20. The molecule has 0 spiro atoms. The number of hydrogen-bond donors (Lipinski definition) is 2. The van der Waals surface area contributed by atoms with E-state index >= 15 is 0 Å². The molecule has 1 aromatic rings. The van der Waals surface area contributed by atoms with Gasteiger partial charge in [0.15, 0.2) is 0 Å². The van der Waals surface area contributed by atoms with Crippen molar-refractivity contribution in [3.8, 4) is 0 Å². The lowest BCUT2D eigenvalue weighted by molar-refractivity contribution is 0.494. The molecule has 4 heteroatoms. The van der Waals surface area contributed by atoms with Crippen molar-refractivity contribution in [1.29, 1.82) is 0 Å². The van der Waals surface area contributed by atoms with Gasteiger partial charge in [-0.25, -0.2) is 0 Å². The van der Waals surface area contributed by atoms with E-state index in [1.165, 1.54) is 0 Å². The van der Waals surface area contributed by atoms with Gasteiger partial charge in [0.2, 0.25) is 0 Å². The largest absolute Gasteiger partial charge is 0.388 e. The number of nitrogens with zero attached hydrogens (tertiary/aromatic N) is 1. The summed E-state index contributed by atoms with van der Waals surface area (Å²) >= 11 is 4.85. The Labute approximate surface area is 102 Å². The highest BCUT2D eigenvalue weighted by Gasteiger charge is 2.09. The molecule has 0 saturated carbocycles. The van der Waals surface area contributed by atoms with Crippen LogP contribution in [0.15, 0.2) is 18.3 Å². The first kappa shape index (κ1) is 12.9. The molecule has 88 valence electrons. The van der Waals surface area contributed by atoms with E-state index in [2.05, 4.69) is 31.1 Å². The fraction of sp³-hybridized carbons (Fsp3) is 0.500. The summed E-state index contributed by atoms with van der Waals surface area (Å²) in [6, 6.07) is 4.23. The van der Waals surface area contributed by atoms with Gasteiger partial charge in [-0.15, -0.1) is 0 Å². The zero-order valence-corrected chi connectivity index (χ0v) is 10.8. The number of nitrogens with one attached hydrogen (secondary N) is 1. The Morgan fingerprint density at radius 2 is 2.19 bits per heavy atom. The SMILES string of the molecule is CCC(C)C(C)Nc1ccc(C(N)=S)nc1. The Morgan fingerprint density at radius 3 is 2.62 bits per heavy atom. The van der Waals surface area contributed by atoms with Crippen molar-refractivity contribution in [1.82, 2.24) is 4.98 Å². The number of anilines is 1. The number of aromatic nitrogens is 1. The average molecular weight is 237 g/mol. The Hall–Kier alpha value is -1.16. The second kappa shape index (κ2) is 5.80. The lowest BCUT2D eigenvalue weighted by atomic mass is 10.0. The second-order valence-corrected chi connectivity index (χ2v) is 4.55. The summed E-state index contributed by atoms with van der Waals surface area (Å²) in [6.45, 7) is 6.60. The van der Waals surface area contributed by atoms with Crippen LogP contribution in [0.25, 0.3) is 0 Å². The highest BCUT2D eigenvalue weighted by Crippen LogP contribution is 2.14. The van der Waals surface area contributed by atoms with Gasteiger partial charge in [0.1, 0.15) is 4.99 Å². The van der Waals surface area contributed by atoms with E-state index in [1.807, 2.05) is 12.1 Å². The van der Waals surface area contributed by atoms with Crippen LogP contribution in [-0.2, 0) is 0 Å². The molecule has 2 atom stereocenters. The molecule has 0 bridgehead atoms. The summed E-state index contributed by atoms with van der Waals surface area (Å²) < 4.78 is 0. The van der Waals surface area contributed by atoms with Gasteiger partial charge in [-0.2, -0.15) is 0 Å². The van der Waals surface area contributed by atoms with Gasteiger partial charge in [-0.3, -0.25) is 4.98 Å². The molecule has 0 radical (unpaired) electrons. The molecule has 3 nitrogen and oxygen atoms in total. The molecule has 1 aromatic heterocycles. The van der Waals surface area contributed by atoms with Crippen LogP contribution in [0.2, 0.25) is 0 Å². The van der Waals surface area contributed by atoms with E-state index in [-0.39, 0.29) is 0 Å². The lowest BCUT2D eigenvalue weighted by Crippen LogP contribution is -2.23. The molecule has 16 heavy (non-hydrogen) atoms. The van der Waals surface area contributed by atoms with Gasteiger partial charge in [-0.1, -0.05) is 32.5 Å². The molecule has 0 aliphatic heterocycles. The third-order valence-corrected chi connectivity index (χ3v) is 3.12. The van der Waals surface area contributed by atoms with E-state index in [0.29, 0.717) is 22.6 Å². The van der Waals surface area contributed by atoms with Crippen LogP contribution >= 0.6 is 12.2 Å². The summed E-state index contributed by atoms with van der Waals surface area (Å²) in [5, 5.41) is 3.41. The minimum Gasteiger partial charge on any atom is -0.388 e. The summed E-state index contributed by atoms with van der Waals surface area (Å²) in [7, 11) is 0. The molecule has 0 aliphatic carbocycles. The molecular weight excluding hydrogens is 218 g/mol. The molecular formula is C12H19N3S. The molecule has 3 N–H and O–H groups in total. The quantitative estimate of drug-likeness (QED) is 0.773. The van der Waals surface area contributed by atoms with Crippen LogP contribution in [0.3, 0.4) is 0 Å². The van der Waals surface area contributed by atoms with Crippen molar-refractivity contribution in [2.45, 2.75) is 33.2 Å². The van der Waals surface area contributed by atoms with Crippen LogP contribution in [-0.4, -0.2) is 16.0 Å². The summed E-state index contributed by atoms with van der Waals surface area (Å²) in [5.41, 5.74) is 7.15. The maximum atomic E-state index is 5.48. The van der Waals surface area contributed by atoms with E-state index in [0.717, 1.165) is 12.1 Å². The predicted octanol–water partition coefficient (Wildman–Crippen LogP) is 2.56. The van der Waals surface area contributed by atoms with Crippen LogP contribution < -0.4 is 11.1 Å². The van der Waals surface area contributed by atoms with Gasteiger partial charge < -0.3 is 11.1 Å². The van der Waals surface area contributed by atoms with Crippen LogP contribution in [0, 0.1) is 5.92 Å². The van der Waals surface area contributed by atoms with Crippen molar-refractivity contribution in [2.24, 2.45) is 11.7 Å². The fourth-order valence-electron chi connectivity index (χ4n) is 1.38. The Bertz CT molecular complexity index is 348. The van der Waals surface area contributed by atoms with E-state index in [1.54, 1.807) is 6.20 Å². The molecule has 0 amide bonds. The maximum Gasteiger partial charge on any atom is 0.122 e. The molecule has 1 heterocycles. The molecule has 0 saturated heterocycles. The number of rotatable bonds is 5. The Kier molecular flexibility index (Phi) is 4.68. The highest BCUT2D eigenvalue weighted by atomic mass is 32.1. The van der Waals surface area contributed by atoms with Crippen molar-refractivity contribution in [3.63, 3.8) is 0 Å². The second-order valence-electron chi connectivity index (χ2n) is 4.11. The minimum atomic E-state index is 0.335. The third kappa shape index (κ3) is 3.45. The maximum absolute atomic E-state index is 5.48. The van der Waals surface area contributed by atoms with Gasteiger partial charge in [0.25, 0.3) is 0 Å². The third-order valence-electron chi connectivity index (χ3n) is 2.91. The molecule has 0 aliphatic rings. The van der Waals surface area contributed by atoms with E-state index in [9.17, 15) is 0 Å². The normalized spacial score (nSPS) is 14.2. The van der Waals surface area contributed by atoms with Crippen molar-refractivity contribution >= 4 is 22.9 Å². The number of thiocarbonyl (C=S) groups is 1. The topological polar surface area (TPSA) is 50.9 Å². The minimum absolute atomic E-state index is 0.335. The molecule has 1 rings (SSSR count). The van der Waals surface area contributed by atoms with Gasteiger partial charge in [-0.05, 0) is 25.0 Å². The molecule has 0 fully saturated rings. The van der Waals surface area contributed by atoms with Gasteiger partial charge >= 0.3 is 0 Å². The zero-order valence-electron chi connectivity index (χ0n) is 10.0. The van der Waals surface area contributed by atoms with Crippen LogP contribution in [0.1, 0.15) is 32.9 Å². The predicted molar refractivity (Wildman–Crippen MR) is 72.7 cm³/mol. The fourth-order valence-corrected chi connectivity index (χ4v) is 1.50. The Morgan fingerprint density at radius 1 is 1.50 bits per heavy atom.